The van der Waals surface area contributed by atoms with Gasteiger partial charge in [-0.15, -0.1) is 0 Å². The number of hydrogen-bond donors (Lipinski definition) is 1. The summed E-state index contributed by atoms with van der Waals surface area (Å²) in [7, 11) is 3.34. The largest absolute Gasteiger partial charge is 0.497 e. The van der Waals surface area contributed by atoms with E-state index in [9.17, 15) is 0 Å². The van der Waals surface area contributed by atoms with E-state index in [-0.39, 0.29) is 0 Å². The van der Waals surface area contributed by atoms with E-state index in [4.69, 9.17) is 14.2 Å². The Morgan fingerprint density at radius 1 is 0.857 bits per heavy atom. The minimum absolute atomic E-state index is 0.455. The van der Waals surface area contributed by atoms with Gasteiger partial charge in [-0.3, -0.25) is 4.98 Å². The van der Waals surface area contributed by atoms with Crippen molar-refractivity contribution in [3.05, 3.63) is 83.7 Å². The number of nitrogens with one attached hydrogen (secondary N) is 1. The first-order valence-corrected chi connectivity index (χ1v) is 9.31. The Morgan fingerprint density at radius 2 is 1.75 bits per heavy atom. The van der Waals surface area contributed by atoms with Crippen LogP contribution >= 0.6 is 0 Å². The minimum Gasteiger partial charge on any atom is -0.497 e. The molecule has 3 aromatic rings. The van der Waals surface area contributed by atoms with Crippen molar-refractivity contribution in [2.45, 2.75) is 19.6 Å². The number of hydrogen-bond acceptors (Lipinski definition) is 5. The summed E-state index contributed by atoms with van der Waals surface area (Å²) < 4.78 is 16.6. The molecule has 3 rings (SSSR count). The third kappa shape index (κ3) is 5.72. The van der Waals surface area contributed by atoms with Crippen molar-refractivity contribution in [1.29, 1.82) is 0 Å². The van der Waals surface area contributed by atoms with Crippen LogP contribution in [0.25, 0.3) is 0 Å². The molecule has 0 fully saturated rings. The molecule has 0 spiro atoms. The van der Waals surface area contributed by atoms with Crippen LogP contribution in [0, 0.1) is 0 Å². The molecule has 0 aliphatic heterocycles. The Balaban J connectivity index is 1.53. The number of methoxy groups -OCH3 is 2. The second-order valence-corrected chi connectivity index (χ2v) is 6.41. The van der Waals surface area contributed by atoms with E-state index in [1.165, 1.54) is 5.56 Å². The SMILES string of the molecule is COc1cccc(CCNCc2ccc(OC)c(OCc3cccnc3)c2)c1. The highest BCUT2D eigenvalue weighted by atomic mass is 16.5. The summed E-state index contributed by atoms with van der Waals surface area (Å²) in [5.74, 6) is 2.35. The summed E-state index contributed by atoms with van der Waals surface area (Å²) in [6.45, 7) is 2.10. The summed E-state index contributed by atoms with van der Waals surface area (Å²) in [5, 5.41) is 3.48. The molecule has 0 saturated heterocycles. The van der Waals surface area contributed by atoms with Crippen molar-refractivity contribution < 1.29 is 14.2 Å². The molecule has 0 aliphatic rings. The van der Waals surface area contributed by atoms with Gasteiger partial charge in [0.05, 0.1) is 14.2 Å². The fraction of sp³-hybridized carbons (Fsp3) is 0.261. The molecule has 5 nitrogen and oxygen atoms in total. The Labute approximate surface area is 166 Å². The maximum absolute atomic E-state index is 5.95. The van der Waals surface area contributed by atoms with Crippen LogP contribution in [0.1, 0.15) is 16.7 Å². The first kappa shape index (κ1) is 19.7. The normalized spacial score (nSPS) is 10.5. The Morgan fingerprint density at radius 3 is 2.54 bits per heavy atom. The lowest BCUT2D eigenvalue weighted by molar-refractivity contribution is 0.284. The van der Waals surface area contributed by atoms with Gasteiger partial charge in [0.2, 0.25) is 0 Å². The molecule has 0 bridgehead atoms. The van der Waals surface area contributed by atoms with E-state index in [2.05, 4.69) is 22.4 Å². The molecule has 0 unspecified atom stereocenters. The highest BCUT2D eigenvalue weighted by Gasteiger charge is 2.07. The standard InChI is InChI=1S/C23H26N2O3/c1-26-21-7-3-5-18(13-21)10-12-25-15-19-8-9-22(27-2)23(14-19)28-17-20-6-4-11-24-16-20/h3-9,11,13-14,16,25H,10,12,15,17H2,1-2H3. The molecular formula is C23H26N2O3. The van der Waals surface area contributed by atoms with Gasteiger partial charge < -0.3 is 19.5 Å². The van der Waals surface area contributed by atoms with Gasteiger partial charge in [-0.25, -0.2) is 0 Å². The van der Waals surface area contributed by atoms with Gasteiger partial charge in [-0.1, -0.05) is 24.3 Å². The maximum atomic E-state index is 5.95. The van der Waals surface area contributed by atoms with Crippen LogP contribution in [-0.4, -0.2) is 25.7 Å². The summed E-state index contributed by atoms with van der Waals surface area (Å²) in [6, 6.07) is 18.1. The predicted octanol–water partition coefficient (Wildman–Crippen LogP) is 4.01. The van der Waals surface area contributed by atoms with Crippen molar-refractivity contribution >= 4 is 0 Å². The molecule has 0 atom stereocenters. The van der Waals surface area contributed by atoms with Crippen molar-refractivity contribution in [3.63, 3.8) is 0 Å². The van der Waals surface area contributed by atoms with Crippen LogP contribution in [-0.2, 0) is 19.6 Å². The zero-order valence-corrected chi connectivity index (χ0v) is 16.4. The van der Waals surface area contributed by atoms with Crippen molar-refractivity contribution in [3.8, 4) is 17.2 Å². The molecule has 0 radical (unpaired) electrons. The van der Waals surface area contributed by atoms with E-state index in [0.717, 1.165) is 47.9 Å². The first-order chi connectivity index (χ1) is 13.8. The van der Waals surface area contributed by atoms with E-state index in [1.54, 1.807) is 26.6 Å². The van der Waals surface area contributed by atoms with Gasteiger partial charge >= 0.3 is 0 Å². The molecule has 2 aromatic carbocycles. The summed E-state index contributed by atoms with van der Waals surface area (Å²) in [5.41, 5.74) is 3.42. The summed E-state index contributed by atoms with van der Waals surface area (Å²) in [4.78, 5) is 4.11. The third-order valence-corrected chi connectivity index (χ3v) is 4.40. The fourth-order valence-electron chi connectivity index (χ4n) is 2.88. The highest BCUT2D eigenvalue weighted by molar-refractivity contribution is 5.43. The molecule has 0 saturated carbocycles. The van der Waals surface area contributed by atoms with Gasteiger partial charge in [-0.05, 0) is 54.4 Å². The van der Waals surface area contributed by atoms with Crippen molar-refractivity contribution in [2.24, 2.45) is 0 Å². The van der Waals surface area contributed by atoms with E-state index in [1.807, 2.05) is 42.5 Å². The summed E-state index contributed by atoms with van der Waals surface area (Å²) >= 11 is 0. The van der Waals surface area contributed by atoms with Gasteiger partial charge in [0.15, 0.2) is 11.5 Å². The van der Waals surface area contributed by atoms with Crippen LogP contribution in [0.5, 0.6) is 17.2 Å². The minimum atomic E-state index is 0.455. The van der Waals surface area contributed by atoms with Gasteiger partial charge in [0, 0.05) is 24.5 Å². The lowest BCUT2D eigenvalue weighted by Gasteiger charge is -2.13. The van der Waals surface area contributed by atoms with Crippen LogP contribution in [0.15, 0.2) is 67.0 Å². The number of aromatic nitrogens is 1. The average molecular weight is 378 g/mol. The van der Waals surface area contributed by atoms with Crippen molar-refractivity contribution in [1.82, 2.24) is 10.3 Å². The zero-order chi connectivity index (χ0) is 19.6. The molecule has 0 amide bonds. The topological polar surface area (TPSA) is 52.6 Å². The number of benzene rings is 2. The predicted molar refractivity (Wildman–Crippen MR) is 110 cm³/mol. The number of pyridine rings is 1. The average Bonchev–Trinajstić information content (AvgIpc) is 2.76. The molecular weight excluding hydrogens is 352 g/mol. The first-order valence-electron chi connectivity index (χ1n) is 9.31. The molecule has 1 aromatic heterocycles. The number of ether oxygens (including phenoxy) is 3. The quantitative estimate of drug-likeness (QED) is 0.540. The number of rotatable bonds is 10. The second-order valence-electron chi connectivity index (χ2n) is 6.41. The van der Waals surface area contributed by atoms with E-state index < -0.39 is 0 Å². The lowest BCUT2D eigenvalue weighted by Crippen LogP contribution is -2.16. The van der Waals surface area contributed by atoms with Gasteiger partial charge in [0.1, 0.15) is 12.4 Å². The van der Waals surface area contributed by atoms with Crippen LogP contribution in [0.3, 0.4) is 0 Å². The second kappa shape index (κ2) is 10.3. The molecule has 28 heavy (non-hydrogen) atoms. The third-order valence-electron chi connectivity index (χ3n) is 4.40. The molecule has 1 heterocycles. The summed E-state index contributed by atoms with van der Waals surface area (Å²) in [6.07, 6.45) is 4.50. The van der Waals surface area contributed by atoms with Gasteiger partial charge in [-0.2, -0.15) is 0 Å². The Hall–Kier alpha value is -3.05. The molecule has 5 heteroatoms. The Kier molecular flexibility index (Phi) is 7.27. The maximum Gasteiger partial charge on any atom is 0.161 e. The van der Waals surface area contributed by atoms with Gasteiger partial charge in [0.25, 0.3) is 0 Å². The van der Waals surface area contributed by atoms with Crippen LogP contribution in [0.4, 0.5) is 0 Å². The van der Waals surface area contributed by atoms with Crippen LogP contribution < -0.4 is 19.5 Å². The van der Waals surface area contributed by atoms with E-state index in [0.29, 0.717) is 6.61 Å². The molecule has 0 aliphatic carbocycles. The van der Waals surface area contributed by atoms with E-state index >= 15 is 0 Å². The molecule has 1 N–H and O–H groups in total. The highest BCUT2D eigenvalue weighted by Crippen LogP contribution is 2.28. The Bertz CT molecular complexity index is 869. The lowest BCUT2D eigenvalue weighted by atomic mass is 10.1. The zero-order valence-electron chi connectivity index (χ0n) is 16.4. The van der Waals surface area contributed by atoms with Crippen molar-refractivity contribution in [2.75, 3.05) is 20.8 Å². The van der Waals surface area contributed by atoms with Crippen LogP contribution in [0.2, 0.25) is 0 Å². The number of nitrogens with zero attached hydrogens (tertiary/aromatic N) is 1. The molecule has 146 valence electrons. The monoisotopic (exact) mass is 378 g/mol. The smallest absolute Gasteiger partial charge is 0.161 e. The fourth-order valence-corrected chi connectivity index (χ4v) is 2.88.